The highest BCUT2D eigenvalue weighted by Crippen LogP contribution is 2.30. The molecule has 0 atom stereocenters. The smallest absolute Gasteiger partial charge is 0.162 e. The summed E-state index contributed by atoms with van der Waals surface area (Å²) in [6.07, 6.45) is 13.1. The van der Waals surface area contributed by atoms with Crippen molar-refractivity contribution in [3.05, 3.63) is 11.6 Å². The van der Waals surface area contributed by atoms with Gasteiger partial charge in [-0.05, 0) is 44.2 Å². The van der Waals surface area contributed by atoms with Crippen LogP contribution in [-0.2, 0) is 4.79 Å². The van der Waals surface area contributed by atoms with Crippen molar-refractivity contribution in [1.29, 1.82) is 0 Å². The molecule has 1 aliphatic heterocycles. The molecule has 0 bridgehead atoms. The van der Waals surface area contributed by atoms with E-state index in [1.807, 2.05) is 0 Å². The first kappa shape index (κ1) is 15.7. The maximum atomic E-state index is 11.6. The lowest BCUT2D eigenvalue weighted by atomic mass is 9.83. The maximum absolute atomic E-state index is 11.6. The number of Topliss-reactive ketones (excluding diaryl/α,β-unsaturated/α-hetero) is 1. The molecule has 0 unspecified atom stereocenters. The molecule has 3 nitrogen and oxygen atoms in total. The molecule has 20 heavy (non-hydrogen) atoms. The van der Waals surface area contributed by atoms with E-state index in [9.17, 15) is 4.79 Å². The zero-order valence-corrected chi connectivity index (χ0v) is 12.6. The number of carbonyl (C=O) groups is 1. The quantitative estimate of drug-likeness (QED) is 0.736. The van der Waals surface area contributed by atoms with E-state index in [1.54, 1.807) is 0 Å². The Kier molecular flexibility index (Phi) is 6.74. The molecule has 3 heteroatoms. The predicted molar refractivity (Wildman–Crippen MR) is 83.7 cm³/mol. The van der Waals surface area contributed by atoms with Crippen LogP contribution in [0.15, 0.2) is 11.6 Å². The molecule has 1 saturated heterocycles. The summed E-state index contributed by atoms with van der Waals surface area (Å²) in [6, 6.07) is 0. The SMILES string of the molecule is O=C(CO)C/C(=C/CC1CCCCC1)C1CCNCC1.[HH]. The van der Waals surface area contributed by atoms with Gasteiger partial charge >= 0.3 is 0 Å². The number of rotatable bonds is 6. The lowest BCUT2D eigenvalue weighted by molar-refractivity contribution is -0.121. The predicted octanol–water partition coefficient (Wildman–Crippen LogP) is 3.08. The summed E-state index contributed by atoms with van der Waals surface area (Å²) in [5.41, 5.74) is 1.30. The molecule has 2 N–H and O–H groups in total. The molecule has 1 saturated carbocycles. The van der Waals surface area contributed by atoms with Gasteiger partial charge in [0, 0.05) is 7.85 Å². The zero-order valence-electron chi connectivity index (χ0n) is 12.6. The molecular formula is C17H31NO2. The standard InChI is InChI=1S/C17H29NO2.H2/c19-13-17(20)12-16(15-8-10-18-11-9-15)7-6-14-4-2-1-3-5-14;/h7,14-15,18-19H,1-6,8-13H2;1H/b16-7-;. The molecule has 0 aromatic heterocycles. The first-order valence-corrected chi connectivity index (χ1v) is 8.31. The highest BCUT2D eigenvalue weighted by atomic mass is 16.3. The van der Waals surface area contributed by atoms with Gasteiger partial charge in [0.25, 0.3) is 0 Å². The normalized spacial score (nSPS) is 22.9. The van der Waals surface area contributed by atoms with Crippen LogP contribution in [-0.4, -0.2) is 30.6 Å². The number of hydrogen-bond donors (Lipinski definition) is 2. The van der Waals surface area contributed by atoms with Crippen LogP contribution < -0.4 is 5.32 Å². The zero-order chi connectivity index (χ0) is 14.2. The van der Waals surface area contributed by atoms with Crippen molar-refractivity contribution in [2.45, 2.75) is 57.8 Å². The maximum Gasteiger partial charge on any atom is 0.162 e. The number of allylic oxidation sites excluding steroid dienone is 2. The molecule has 0 aromatic carbocycles. The Balaban J connectivity index is 0.00000220. The summed E-state index contributed by atoms with van der Waals surface area (Å²) in [7, 11) is 0. The number of aliphatic hydroxyl groups is 1. The topological polar surface area (TPSA) is 49.3 Å². The average molecular weight is 281 g/mol. The second kappa shape index (κ2) is 8.58. The number of carbonyl (C=O) groups excluding carboxylic acids is 1. The van der Waals surface area contributed by atoms with Gasteiger partial charge in [-0.1, -0.05) is 43.8 Å². The van der Waals surface area contributed by atoms with E-state index in [4.69, 9.17) is 5.11 Å². The second-order valence-electron chi connectivity index (χ2n) is 6.42. The largest absolute Gasteiger partial charge is 0.389 e. The molecule has 1 aliphatic carbocycles. The fourth-order valence-electron chi connectivity index (χ4n) is 3.60. The van der Waals surface area contributed by atoms with Crippen LogP contribution in [0.1, 0.15) is 59.2 Å². The molecule has 2 fully saturated rings. The van der Waals surface area contributed by atoms with Gasteiger partial charge in [-0.25, -0.2) is 0 Å². The minimum atomic E-state index is -0.314. The third-order valence-corrected chi connectivity index (χ3v) is 4.88. The number of ketones is 1. The molecule has 0 aromatic rings. The van der Waals surface area contributed by atoms with Crippen molar-refractivity contribution >= 4 is 5.78 Å². The van der Waals surface area contributed by atoms with Crippen molar-refractivity contribution in [3.8, 4) is 0 Å². The van der Waals surface area contributed by atoms with Gasteiger partial charge in [0.1, 0.15) is 6.61 Å². The molecular weight excluding hydrogens is 250 g/mol. The van der Waals surface area contributed by atoms with E-state index in [-0.39, 0.29) is 13.8 Å². The van der Waals surface area contributed by atoms with Crippen LogP contribution in [0.5, 0.6) is 0 Å². The number of nitrogens with one attached hydrogen (secondary N) is 1. The molecule has 116 valence electrons. The highest BCUT2D eigenvalue weighted by molar-refractivity contribution is 5.81. The molecule has 2 aliphatic rings. The first-order valence-electron chi connectivity index (χ1n) is 8.31. The van der Waals surface area contributed by atoms with Gasteiger partial charge in [-0.2, -0.15) is 0 Å². The van der Waals surface area contributed by atoms with Crippen molar-refractivity contribution in [2.75, 3.05) is 19.7 Å². The highest BCUT2D eigenvalue weighted by Gasteiger charge is 2.20. The van der Waals surface area contributed by atoms with Gasteiger partial charge in [0.2, 0.25) is 0 Å². The lowest BCUT2D eigenvalue weighted by Crippen LogP contribution is -2.29. The summed E-state index contributed by atoms with van der Waals surface area (Å²) < 4.78 is 0. The Morgan fingerprint density at radius 2 is 1.85 bits per heavy atom. The van der Waals surface area contributed by atoms with Crippen LogP contribution in [0.4, 0.5) is 0 Å². The van der Waals surface area contributed by atoms with E-state index in [2.05, 4.69) is 11.4 Å². The van der Waals surface area contributed by atoms with Crippen LogP contribution in [0.3, 0.4) is 0 Å². The van der Waals surface area contributed by atoms with Crippen LogP contribution in [0, 0.1) is 11.8 Å². The monoisotopic (exact) mass is 281 g/mol. The third-order valence-electron chi connectivity index (χ3n) is 4.88. The van der Waals surface area contributed by atoms with Gasteiger partial charge in [0.05, 0.1) is 0 Å². The molecule has 2 rings (SSSR count). The van der Waals surface area contributed by atoms with E-state index in [0.717, 1.165) is 38.3 Å². The van der Waals surface area contributed by atoms with Crippen LogP contribution >= 0.6 is 0 Å². The van der Waals surface area contributed by atoms with Gasteiger partial charge in [-0.3, -0.25) is 4.79 Å². The number of hydrogen-bond acceptors (Lipinski definition) is 3. The van der Waals surface area contributed by atoms with Crippen molar-refractivity contribution in [1.82, 2.24) is 5.32 Å². The van der Waals surface area contributed by atoms with E-state index in [1.165, 1.54) is 37.7 Å². The lowest BCUT2D eigenvalue weighted by Gasteiger charge is -2.26. The Hall–Kier alpha value is -0.670. The fourth-order valence-corrected chi connectivity index (χ4v) is 3.60. The van der Waals surface area contributed by atoms with Crippen molar-refractivity contribution in [2.24, 2.45) is 11.8 Å². The van der Waals surface area contributed by atoms with Crippen molar-refractivity contribution in [3.63, 3.8) is 0 Å². The van der Waals surface area contributed by atoms with E-state index in [0.29, 0.717) is 12.3 Å². The van der Waals surface area contributed by atoms with Gasteiger partial charge < -0.3 is 10.4 Å². The molecule has 1 heterocycles. The number of aliphatic hydroxyl groups excluding tert-OH is 1. The van der Waals surface area contributed by atoms with Crippen LogP contribution in [0.2, 0.25) is 0 Å². The minimum Gasteiger partial charge on any atom is -0.389 e. The van der Waals surface area contributed by atoms with E-state index < -0.39 is 0 Å². The Bertz CT molecular complexity index is 332. The third kappa shape index (κ3) is 5.02. The second-order valence-corrected chi connectivity index (χ2v) is 6.42. The molecule has 0 spiro atoms. The van der Waals surface area contributed by atoms with Crippen LogP contribution in [0.25, 0.3) is 0 Å². The van der Waals surface area contributed by atoms with E-state index >= 15 is 0 Å². The average Bonchev–Trinajstić information content (AvgIpc) is 2.53. The Morgan fingerprint density at radius 3 is 2.50 bits per heavy atom. The Morgan fingerprint density at radius 1 is 1.15 bits per heavy atom. The number of piperidine rings is 1. The van der Waals surface area contributed by atoms with Gasteiger partial charge in [-0.15, -0.1) is 0 Å². The Labute approximate surface area is 124 Å². The van der Waals surface area contributed by atoms with Crippen molar-refractivity contribution < 1.29 is 11.3 Å². The summed E-state index contributed by atoms with van der Waals surface area (Å²) in [6.45, 7) is 1.79. The fraction of sp³-hybridized carbons (Fsp3) is 0.824. The first-order chi connectivity index (χ1) is 9.79. The summed E-state index contributed by atoms with van der Waals surface area (Å²) >= 11 is 0. The molecule has 0 radical (unpaired) electrons. The summed E-state index contributed by atoms with van der Waals surface area (Å²) in [4.78, 5) is 11.6. The van der Waals surface area contributed by atoms with Gasteiger partial charge in [0.15, 0.2) is 5.78 Å². The molecule has 0 amide bonds. The summed E-state index contributed by atoms with van der Waals surface area (Å²) in [5.74, 6) is 1.35. The summed E-state index contributed by atoms with van der Waals surface area (Å²) in [5, 5.41) is 12.4. The minimum absolute atomic E-state index is 0.